The van der Waals surface area contributed by atoms with Crippen LogP contribution in [0.5, 0.6) is 0 Å². The normalized spacial score (nSPS) is 10.1. The van der Waals surface area contributed by atoms with Gasteiger partial charge in [0.25, 0.3) is 0 Å². The van der Waals surface area contributed by atoms with Gasteiger partial charge in [0.1, 0.15) is 0 Å². The number of rotatable bonds is 3. The molecule has 12 heavy (non-hydrogen) atoms. The van der Waals surface area contributed by atoms with Crippen molar-refractivity contribution in [2.45, 2.75) is 27.7 Å². The van der Waals surface area contributed by atoms with E-state index >= 15 is 0 Å². The van der Waals surface area contributed by atoms with Crippen LogP contribution in [-0.4, -0.2) is 37.1 Å². The topological polar surface area (TPSA) is 46.9 Å². The van der Waals surface area contributed by atoms with Crippen molar-refractivity contribution < 1.29 is 9.59 Å². The van der Waals surface area contributed by atoms with Crippen LogP contribution >= 0.6 is 0 Å². The molecule has 0 atom stereocenters. The fourth-order valence-electron chi connectivity index (χ4n) is 0.671. The molecule has 0 unspecified atom stereocenters. The third-order valence-electron chi connectivity index (χ3n) is 2.29. The molecule has 74 valence electrons. The van der Waals surface area contributed by atoms with Crippen LogP contribution < -0.4 is 5.11 Å². The lowest BCUT2D eigenvalue weighted by atomic mass is 10.4. The van der Waals surface area contributed by atoms with E-state index in [1.165, 1.54) is 31.0 Å². The van der Waals surface area contributed by atoms with Gasteiger partial charge in [0, 0.05) is 0 Å². The number of quaternary nitrogens is 1. The lowest BCUT2D eigenvalue weighted by Crippen LogP contribution is -2.42. The van der Waals surface area contributed by atoms with Gasteiger partial charge in [-0.25, -0.2) is 0 Å². The van der Waals surface area contributed by atoms with E-state index in [0.29, 0.717) is 0 Å². The molecule has 0 rings (SSSR count). The summed E-state index contributed by atoms with van der Waals surface area (Å²) in [5.74, 6) is -0.583. The summed E-state index contributed by atoms with van der Waals surface area (Å²) in [6, 6.07) is 0. The second-order valence-corrected chi connectivity index (χ2v) is 3.12. The lowest BCUT2D eigenvalue weighted by Gasteiger charge is -2.30. The van der Waals surface area contributed by atoms with Crippen LogP contribution in [0.3, 0.4) is 0 Å². The SMILES string of the molecule is CC(=N)[O-].CC[N+](C)(CC)CC. The van der Waals surface area contributed by atoms with Gasteiger partial charge in [-0.05, 0) is 33.6 Å². The zero-order valence-corrected chi connectivity index (χ0v) is 8.98. The Morgan fingerprint density at radius 2 is 1.33 bits per heavy atom. The maximum absolute atomic E-state index is 9.11. The molecule has 3 heteroatoms. The molecule has 0 aromatic carbocycles. The predicted octanol–water partition coefficient (Wildman–Crippen LogP) is 0.837. The first-order chi connectivity index (χ1) is 5.41. The van der Waals surface area contributed by atoms with E-state index in [4.69, 9.17) is 10.5 Å². The van der Waals surface area contributed by atoms with Gasteiger partial charge in [-0.3, -0.25) is 0 Å². The van der Waals surface area contributed by atoms with Crippen molar-refractivity contribution >= 4 is 5.90 Å². The molecular formula is C9H22N2O. The Morgan fingerprint density at radius 1 is 1.17 bits per heavy atom. The van der Waals surface area contributed by atoms with E-state index in [1.807, 2.05) is 0 Å². The van der Waals surface area contributed by atoms with E-state index < -0.39 is 5.90 Å². The second-order valence-electron chi connectivity index (χ2n) is 3.12. The zero-order chi connectivity index (χ0) is 10.2. The minimum absolute atomic E-state index is 0.583. The van der Waals surface area contributed by atoms with Gasteiger partial charge < -0.3 is 15.0 Å². The van der Waals surface area contributed by atoms with Gasteiger partial charge in [0.15, 0.2) is 0 Å². The Morgan fingerprint density at radius 3 is 1.33 bits per heavy atom. The Labute approximate surface area is 76.1 Å². The van der Waals surface area contributed by atoms with Crippen molar-refractivity contribution in [1.82, 2.24) is 0 Å². The molecular weight excluding hydrogens is 152 g/mol. The maximum Gasteiger partial charge on any atom is 0.0755 e. The van der Waals surface area contributed by atoms with Crippen molar-refractivity contribution in [1.29, 1.82) is 5.41 Å². The van der Waals surface area contributed by atoms with Crippen LogP contribution in [0.2, 0.25) is 0 Å². The molecule has 0 radical (unpaired) electrons. The molecule has 0 saturated heterocycles. The Bertz CT molecular complexity index is 107. The smallest absolute Gasteiger partial charge is 0.0755 e. The number of hydrogen-bond acceptors (Lipinski definition) is 2. The van der Waals surface area contributed by atoms with Crippen LogP contribution in [0, 0.1) is 5.41 Å². The van der Waals surface area contributed by atoms with E-state index in [-0.39, 0.29) is 0 Å². The van der Waals surface area contributed by atoms with Gasteiger partial charge in [0.05, 0.1) is 26.7 Å². The number of hydrogen-bond donors (Lipinski definition) is 1. The average molecular weight is 174 g/mol. The first kappa shape index (κ1) is 14.0. The largest absolute Gasteiger partial charge is 0.862 e. The van der Waals surface area contributed by atoms with Crippen LogP contribution in [0.4, 0.5) is 0 Å². The van der Waals surface area contributed by atoms with Crippen LogP contribution in [-0.2, 0) is 0 Å². The molecule has 0 spiro atoms. The van der Waals surface area contributed by atoms with Gasteiger partial charge >= 0.3 is 0 Å². The zero-order valence-electron chi connectivity index (χ0n) is 8.98. The van der Waals surface area contributed by atoms with Crippen molar-refractivity contribution in [3.63, 3.8) is 0 Å². The third kappa shape index (κ3) is 9.43. The van der Waals surface area contributed by atoms with E-state index in [1.54, 1.807) is 0 Å². The first-order valence-corrected chi connectivity index (χ1v) is 4.47. The number of nitrogens with one attached hydrogen (secondary N) is 1. The highest BCUT2D eigenvalue weighted by molar-refractivity contribution is 5.63. The fourth-order valence-corrected chi connectivity index (χ4v) is 0.671. The Hall–Kier alpha value is -0.570. The minimum Gasteiger partial charge on any atom is -0.862 e. The fraction of sp³-hybridized carbons (Fsp3) is 0.889. The molecule has 1 N–H and O–H groups in total. The third-order valence-corrected chi connectivity index (χ3v) is 2.29. The van der Waals surface area contributed by atoms with E-state index in [2.05, 4.69) is 27.8 Å². The molecule has 0 aromatic rings. The lowest BCUT2D eigenvalue weighted by molar-refractivity contribution is -0.904. The summed E-state index contributed by atoms with van der Waals surface area (Å²) in [4.78, 5) is 0. The number of nitrogens with zero attached hydrogens (tertiary/aromatic N) is 1. The Balaban J connectivity index is 0. The highest BCUT2D eigenvalue weighted by atomic mass is 16.3. The average Bonchev–Trinajstić information content (AvgIpc) is 2.02. The molecule has 0 fully saturated rings. The molecule has 0 aromatic heterocycles. The van der Waals surface area contributed by atoms with Crippen molar-refractivity contribution in [2.24, 2.45) is 0 Å². The quantitative estimate of drug-likeness (QED) is 0.384. The van der Waals surface area contributed by atoms with Gasteiger partial charge in [0.2, 0.25) is 0 Å². The van der Waals surface area contributed by atoms with Gasteiger partial charge in [-0.2, -0.15) is 0 Å². The molecule has 0 aliphatic heterocycles. The molecule has 0 bridgehead atoms. The van der Waals surface area contributed by atoms with Gasteiger partial charge in [-0.15, -0.1) is 0 Å². The van der Waals surface area contributed by atoms with Crippen LogP contribution in [0.15, 0.2) is 0 Å². The summed E-state index contributed by atoms with van der Waals surface area (Å²) in [6.45, 7) is 11.7. The second kappa shape index (κ2) is 7.10. The Kier molecular flexibility index (Phi) is 8.27. The summed E-state index contributed by atoms with van der Waals surface area (Å²) in [6.07, 6.45) is 0. The molecule has 0 aliphatic rings. The summed E-state index contributed by atoms with van der Waals surface area (Å²) < 4.78 is 1.21. The summed E-state index contributed by atoms with van der Waals surface area (Å²) in [5.41, 5.74) is 0. The highest BCUT2D eigenvalue weighted by Crippen LogP contribution is 1.97. The summed E-state index contributed by atoms with van der Waals surface area (Å²) >= 11 is 0. The van der Waals surface area contributed by atoms with Crippen molar-refractivity contribution in [3.05, 3.63) is 0 Å². The first-order valence-electron chi connectivity index (χ1n) is 4.47. The highest BCUT2D eigenvalue weighted by Gasteiger charge is 2.10. The summed E-state index contributed by atoms with van der Waals surface area (Å²) in [5, 5.41) is 15.1. The molecule has 0 aliphatic carbocycles. The van der Waals surface area contributed by atoms with E-state index in [0.717, 1.165) is 0 Å². The standard InChI is InChI=1S/C7H18N.C2H5NO/c1-5-8(4,6-2)7-3;1-2(3)4/h5-7H2,1-4H3;1H3,(H2,3,4)/q+1;/p-1. The van der Waals surface area contributed by atoms with E-state index in [9.17, 15) is 0 Å². The molecule has 3 nitrogen and oxygen atoms in total. The summed E-state index contributed by atoms with van der Waals surface area (Å²) in [7, 11) is 2.29. The van der Waals surface area contributed by atoms with Crippen LogP contribution in [0.1, 0.15) is 27.7 Å². The molecule has 0 amide bonds. The van der Waals surface area contributed by atoms with Crippen molar-refractivity contribution in [2.75, 3.05) is 26.7 Å². The predicted molar refractivity (Wildman–Crippen MR) is 51.2 cm³/mol. The molecule has 0 heterocycles. The minimum atomic E-state index is -0.583. The monoisotopic (exact) mass is 174 g/mol. The van der Waals surface area contributed by atoms with Gasteiger partial charge in [-0.1, -0.05) is 0 Å². The molecule has 0 saturated carbocycles. The maximum atomic E-state index is 9.11. The van der Waals surface area contributed by atoms with Crippen LogP contribution in [0.25, 0.3) is 0 Å². The van der Waals surface area contributed by atoms with Crippen molar-refractivity contribution in [3.8, 4) is 0 Å².